The van der Waals surface area contributed by atoms with Crippen LogP contribution in [0.2, 0.25) is 18.1 Å². The molecule has 4 heteroatoms. The number of benzene rings is 1. The largest absolute Gasteiger partial charge is 0.497 e. The molecule has 0 aliphatic heterocycles. The molecule has 0 aliphatic rings. The maximum Gasteiger partial charge on any atom is 0.192 e. The van der Waals surface area contributed by atoms with Crippen LogP contribution in [-0.2, 0) is 4.43 Å². The first-order chi connectivity index (χ1) is 12.9. The van der Waals surface area contributed by atoms with Gasteiger partial charge in [-0.2, -0.15) is 0 Å². The van der Waals surface area contributed by atoms with Gasteiger partial charge in [0.1, 0.15) is 5.75 Å². The van der Waals surface area contributed by atoms with Gasteiger partial charge in [0.15, 0.2) is 14.6 Å². The Morgan fingerprint density at radius 2 is 1.86 bits per heavy atom. The number of methoxy groups -OCH3 is 1. The van der Waals surface area contributed by atoms with Gasteiger partial charge in [0, 0.05) is 17.5 Å². The first-order valence-corrected chi connectivity index (χ1v) is 12.7. The third kappa shape index (κ3) is 6.36. The number of hydrogen-bond donors (Lipinski definition) is 0. The summed E-state index contributed by atoms with van der Waals surface area (Å²) in [5, 5.41) is 0.129. The number of carbonyl (C=O) groups is 1. The predicted octanol–water partition coefficient (Wildman–Crippen LogP) is 6.24. The Balaban J connectivity index is 3.15. The van der Waals surface area contributed by atoms with Gasteiger partial charge in [-0.05, 0) is 48.2 Å². The van der Waals surface area contributed by atoms with Crippen molar-refractivity contribution in [2.24, 2.45) is 5.41 Å². The Hall–Kier alpha value is -1.83. The summed E-state index contributed by atoms with van der Waals surface area (Å²) in [5.41, 5.74) is 1.18. The molecule has 3 nitrogen and oxygen atoms in total. The van der Waals surface area contributed by atoms with Gasteiger partial charge in [-0.15, -0.1) is 6.58 Å². The van der Waals surface area contributed by atoms with Crippen LogP contribution in [-0.4, -0.2) is 27.8 Å². The van der Waals surface area contributed by atoms with Gasteiger partial charge in [-0.3, -0.25) is 4.79 Å². The lowest BCUT2D eigenvalue weighted by Crippen LogP contribution is -2.47. The average molecular weight is 401 g/mol. The van der Waals surface area contributed by atoms with Crippen molar-refractivity contribution in [2.45, 2.75) is 71.7 Å². The molecule has 1 unspecified atom stereocenters. The van der Waals surface area contributed by atoms with E-state index in [1.54, 1.807) is 13.2 Å². The smallest absolute Gasteiger partial charge is 0.192 e. The van der Waals surface area contributed by atoms with Crippen LogP contribution in [0.25, 0.3) is 0 Å². The number of rotatable bonds is 8. The third-order valence-electron chi connectivity index (χ3n) is 5.68. The van der Waals surface area contributed by atoms with Crippen LogP contribution >= 0.6 is 0 Å². The molecule has 1 atom stereocenters. The van der Waals surface area contributed by atoms with Crippen molar-refractivity contribution in [1.82, 2.24) is 0 Å². The van der Waals surface area contributed by atoms with Gasteiger partial charge in [-0.25, -0.2) is 0 Å². The highest BCUT2D eigenvalue weighted by molar-refractivity contribution is 6.74. The summed E-state index contributed by atoms with van der Waals surface area (Å²) in [6, 6.07) is 5.36. The van der Waals surface area contributed by atoms with Gasteiger partial charge < -0.3 is 9.16 Å². The molecule has 0 N–H and O–H groups in total. The maximum absolute atomic E-state index is 11.4. The van der Waals surface area contributed by atoms with Crippen LogP contribution < -0.4 is 4.74 Å². The fourth-order valence-corrected chi connectivity index (χ4v) is 4.10. The molecule has 0 aliphatic carbocycles. The number of ether oxygens (including phenoxy) is 1. The van der Waals surface area contributed by atoms with E-state index in [0.29, 0.717) is 23.3 Å². The van der Waals surface area contributed by atoms with Crippen LogP contribution in [0.15, 0.2) is 30.9 Å². The fourth-order valence-electron chi connectivity index (χ4n) is 2.63. The summed E-state index contributed by atoms with van der Waals surface area (Å²) in [4.78, 5) is 11.4. The highest BCUT2D eigenvalue weighted by atomic mass is 28.4. The lowest BCUT2D eigenvalue weighted by molar-refractivity contribution is 0.0662. The van der Waals surface area contributed by atoms with Crippen molar-refractivity contribution >= 4 is 14.6 Å². The van der Waals surface area contributed by atoms with Gasteiger partial charge in [0.2, 0.25) is 0 Å². The van der Waals surface area contributed by atoms with E-state index in [-0.39, 0.29) is 16.6 Å². The lowest BCUT2D eigenvalue weighted by atomic mass is 9.82. The minimum atomic E-state index is -1.94. The monoisotopic (exact) mass is 400 g/mol. The highest BCUT2D eigenvalue weighted by Gasteiger charge is 2.42. The van der Waals surface area contributed by atoms with Crippen molar-refractivity contribution in [3.8, 4) is 17.6 Å². The molecule has 0 amide bonds. The first-order valence-electron chi connectivity index (χ1n) is 9.79. The summed E-state index contributed by atoms with van der Waals surface area (Å²) in [6.07, 6.45) is 4.23. The number of allylic oxidation sites excluding steroid dienone is 1. The van der Waals surface area contributed by atoms with Crippen LogP contribution in [0.4, 0.5) is 0 Å². The normalized spacial score (nSPS) is 13.3. The number of carbonyl (C=O) groups excluding carboxylic acids is 1. The minimum Gasteiger partial charge on any atom is -0.497 e. The molecule has 0 aromatic heterocycles. The second-order valence-electron chi connectivity index (χ2n) is 9.43. The molecule has 0 fully saturated rings. The van der Waals surface area contributed by atoms with Crippen LogP contribution in [0, 0.1) is 17.3 Å². The molecule has 0 bridgehead atoms. The van der Waals surface area contributed by atoms with Crippen molar-refractivity contribution in [3.05, 3.63) is 42.0 Å². The Morgan fingerprint density at radius 1 is 1.21 bits per heavy atom. The molecule has 0 saturated carbocycles. The second kappa shape index (κ2) is 9.58. The zero-order valence-electron chi connectivity index (χ0n) is 18.8. The van der Waals surface area contributed by atoms with Gasteiger partial charge in [-0.1, -0.05) is 52.5 Å². The van der Waals surface area contributed by atoms with Crippen LogP contribution in [0.1, 0.15) is 63.4 Å². The van der Waals surface area contributed by atoms with Crippen molar-refractivity contribution < 1.29 is 14.0 Å². The molecular formula is C24H36O3Si. The van der Waals surface area contributed by atoms with Gasteiger partial charge in [0.25, 0.3) is 0 Å². The maximum atomic E-state index is 11.4. The van der Waals surface area contributed by atoms with E-state index in [4.69, 9.17) is 9.16 Å². The fraction of sp³-hybridized carbons (Fsp3) is 0.542. The van der Waals surface area contributed by atoms with E-state index >= 15 is 0 Å². The Labute approximate surface area is 172 Å². The van der Waals surface area contributed by atoms with E-state index in [0.717, 1.165) is 12.7 Å². The van der Waals surface area contributed by atoms with Gasteiger partial charge in [0.05, 0.1) is 13.2 Å². The molecule has 1 rings (SSSR count). The molecule has 0 saturated heterocycles. The molecule has 1 aromatic rings. The molecule has 1 aromatic carbocycles. The van der Waals surface area contributed by atoms with E-state index in [1.807, 2.05) is 18.2 Å². The first kappa shape index (κ1) is 24.2. The highest BCUT2D eigenvalue weighted by Crippen LogP contribution is 2.41. The van der Waals surface area contributed by atoms with E-state index in [9.17, 15) is 4.79 Å². The SMILES string of the molecule is C=CCC(C)(C)C(CC#Cc1ccc(OC)cc1C=O)O[Si](C)(C)C(C)(C)C. The molecule has 154 valence electrons. The average Bonchev–Trinajstić information content (AvgIpc) is 2.59. The summed E-state index contributed by atoms with van der Waals surface area (Å²) < 4.78 is 11.9. The lowest BCUT2D eigenvalue weighted by Gasteiger charge is -2.43. The zero-order valence-corrected chi connectivity index (χ0v) is 19.8. The second-order valence-corrected chi connectivity index (χ2v) is 14.2. The molecule has 0 heterocycles. The van der Waals surface area contributed by atoms with Crippen molar-refractivity contribution in [3.63, 3.8) is 0 Å². The Morgan fingerprint density at radius 3 is 2.36 bits per heavy atom. The third-order valence-corrected chi connectivity index (χ3v) is 10.2. The summed E-state index contributed by atoms with van der Waals surface area (Å²) >= 11 is 0. The summed E-state index contributed by atoms with van der Waals surface area (Å²) in [5.74, 6) is 7.07. The van der Waals surface area contributed by atoms with Crippen LogP contribution in [0.3, 0.4) is 0 Å². The molecule has 0 radical (unpaired) electrons. The topological polar surface area (TPSA) is 35.5 Å². The number of hydrogen-bond acceptors (Lipinski definition) is 3. The van der Waals surface area contributed by atoms with E-state index < -0.39 is 8.32 Å². The predicted molar refractivity (Wildman–Crippen MR) is 121 cm³/mol. The zero-order chi connectivity index (χ0) is 21.6. The number of aldehydes is 1. The Kier molecular flexibility index (Phi) is 8.28. The molecule has 0 spiro atoms. The summed E-state index contributed by atoms with van der Waals surface area (Å²) in [7, 11) is -0.358. The Bertz CT molecular complexity index is 745. The van der Waals surface area contributed by atoms with E-state index in [1.165, 1.54) is 0 Å². The molecular weight excluding hydrogens is 364 g/mol. The van der Waals surface area contributed by atoms with Crippen molar-refractivity contribution in [2.75, 3.05) is 7.11 Å². The molecule has 28 heavy (non-hydrogen) atoms. The quantitative estimate of drug-likeness (QED) is 0.224. The van der Waals surface area contributed by atoms with Crippen molar-refractivity contribution in [1.29, 1.82) is 0 Å². The van der Waals surface area contributed by atoms with Crippen LogP contribution in [0.5, 0.6) is 5.75 Å². The van der Waals surface area contributed by atoms with Gasteiger partial charge >= 0.3 is 0 Å². The minimum absolute atomic E-state index is 0.00294. The standard InChI is InChI=1S/C24H36O3Si/c1-10-16-24(5,6)22(27-28(8,9)23(2,3)4)13-11-12-19-14-15-21(26-7)17-20(19)18-25/h10,14-15,17-18,22H,1,13,16H2,2-9H3. The van der Waals surface area contributed by atoms with E-state index in [2.05, 4.69) is 66.1 Å². The summed E-state index contributed by atoms with van der Waals surface area (Å²) in [6.45, 7) is 19.6.